The summed E-state index contributed by atoms with van der Waals surface area (Å²) in [6.45, 7) is 7.54. The Morgan fingerprint density at radius 2 is 2.42 bits per heavy atom. The molecule has 19 heavy (non-hydrogen) atoms. The van der Waals surface area contributed by atoms with Crippen molar-refractivity contribution in [2.45, 2.75) is 32.5 Å². The summed E-state index contributed by atoms with van der Waals surface area (Å²) in [6.07, 6.45) is 3.75. The molecule has 2 N–H and O–H groups in total. The van der Waals surface area contributed by atoms with Gasteiger partial charge in [-0.2, -0.15) is 0 Å². The molecule has 1 atom stereocenters. The van der Waals surface area contributed by atoms with Gasteiger partial charge in [-0.15, -0.1) is 0 Å². The number of piperazine rings is 1. The molecule has 1 aliphatic heterocycles. The molecule has 1 aromatic rings. The Hall–Kier alpha value is -1.40. The number of hydrogen-bond acceptors (Lipinski definition) is 4. The highest BCUT2D eigenvalue weighted by Gasteiger charge is 2.28. The number of carbonyl (C=O) groups excluding carboxylic acids is 1. The molecule has 0 bridgehead atoms. The normalized spacial score (nSPS) is 20.7. The first-order valence-electron chi connectivity index (χ1n) is 6.80. The zero-order valence-electron chi connectivity index (χ0n) is 11.9. The van der Waals surface area contributed by atoms with Gasteiger partial charge in [-0.05, 0) is 13.8 Å². The fourth-order valence-corrected chi connectivity index (χ4v) is 2.49. The van der Waals surface area contributed by atoms with E-state index in [1.807, 2.05) is 12.5 Å². The lowest BCUT2D eigenvalue weighted by Crippen LogP contribution is -2.57. The second-order valence-corrected chi connectivity index (χ2v) is 5.19. The van der Waals surface area contributed by atoms with Gasteiger partial charge in [-0.3, -0.25) is 9.69 Å². The molecule has 1 aliphatic rings. The smallest absolute Gasteiger partial charge is 0.238 e. The Balaban J connectivity index is 2.11. The Morgan fingerprint density at radius 3 is 3.11 bits per heavy atom. The predicted molar refractivity (Wildman–Crippen MR) is 73.7 cm³/mol. The Morgan fingerprint density at radius 1 is 1.63 bits per heavy atom. The van der Waals surface area contributed by atoms with E-state index in [-0.39, 0.29) is 11.9 Å². The summed E-state index contributed by atoms with van der Waals surface area (Å²) < 4.78 is 2.16. The molecule has 0 aliphatic carbocycles. The van der Waals surface area contributed by atoms with Gasteiger partial charge in [0.25, 0.3) is 0 Å². The zero-order valence-corrected chi connectivity index (χ0v) is 11.9. The number of carbonyl (C=O) groups is 1. The van der Waals surface area contributed by atoms with Crippen LogP contribution in [-0.4, -0.2) is 53.1 Å². The van der Waals surface area contributed by atoms with Crippen LogP contribution in [0.15, 0.2) is 12.5 Å². The minimum Gasteiger partial charge on any atom is -0.358 e. The molecule has 0 saturated carbocycles. The van der Waals surface area contributed by atoms with Crippen LogP contribution in [0.3, 0.4) is 0 Å². The third kappa shape index (κ3) is 3.13. The molecule has 1 unspecified atom stereocenters. The highest BCUT2D eigenvalue weighted by molar-refractivity contribution is 5.81. The SMILES string of the molecule is CNC(=O)C1CNCCN1Cc1cncn1C(C)C. The van der Waals surface area contributed by atoms with Crippen LogP contribution in [-0.2, 0) is 11.3 Å². The fourth-order valence-electron chi connectivity index (χ4n) is 2.49. The highest BCUT2D eigenvalue weighted by atomic mass is 16.2. The van der Waals surface area contributed by atoms with Gasteiger partial charge >= 0.3 is 0 Å². The molecule has 1 amide bonds. The lowest BCUT2D eigenvalue weighted by Gasteiger charge is -2.35. The molecule has 1 fully saturated rings. The summed E-state index contributed by atoms with van der Waals surface area (Å²) in [5, 5.41) is 6.01. The number of nitrogens with one attached hydrogen (secondary N) is 2. The van der Waals surface area contributed by atoms with E-state index in [0.717, 1.165) is 25.3 Å². The van der Waals surface area contributed by atoms with Gasteiger partial charge in [-0.1, -0.05) is 0 Å². The lowest BCUT2D eigenvalue weighted by atomic mass is 10.1. The predicted octanol–water partition coefficient (Wildman–Crippen LogP) is -0.0162. The van der Waals surface area contributed by atoms with E-state index in [9.17, 15) is 4.79 Å². The number of likely N-dealkylation sites (N-methyl/N-ethyl adjacent to an activating group) is 1. The number of hydrogen-bond donors (Lipinski definition) is 2. The van der Waals surface area contributed by atoms with Gasteiger partial charge in [0.15, 0.2) is 0 Å². The van der Waals surface area contributed by atoms with Crippen molar-refractivity contribution < 1.29 is 4.79 Å². The molecule has 6 nitrogen and oxygen atoms in total. The van der Waals surface area contributed by atoms with Crippen LogP contribution in [0.4, 0.5) is 0 Å². The van der Waals surface area contributed by atoms with Gasteiger partial charge in [0, 0.05) is 45.5 Å². The summed E-state index contributed by atoms with van der Waals surface area (Å²) in [7, 11) is 1.69. The van der Waals surface area contributed by atoms with Gasteiger partial charge in [-0.25, -0.2) is 4.98 Å². The minimum absolute atomic E-state index is 0.0720. The third-order valence-corrected chi connectivity index (χ3v) is 3.57. The Kier molecular flexibility index (Phi) is 4.55. The third-order valence-electron chi connectivity index (χ3n) is 3.57. The van der Waals surface area contributed by atoms with E-state index in [1.165, 1.54) is 0 Å². The fraction of sp³-hybridized carbons (Fsp3) is 0.692. The van der Waals surface area contributed by atoms with E-state index < -0.39 is 0 Å². The first kappa shape index (κ1) is 14.0. The number of rotatable bonds is 4. The number of amides is 1. The molecule has 0 spiro atoms. The first-order valence-corrected chi connectivity index (χ1v) is 6.80. The van der Waals surface area contributed by atoms with Crippen LogP contribution in [0.5, 0.6) is 0 Å². The molecule has 6 heteroatoms. The van der Waals surface area contributed by atoms with Crippen molar-refractivity contribution in [3.63, 3.8) is 0 Å². The van der Waals surface area contributed by atoms with Crippen LogP contribution in [0, 0.1) is 0 Å². The van der Waals surface area contributed by atoms with E-state index in [2.05, 4.69) is 38.9 Å². The lowest BCUT2D eigenvalue weighted by molar-refractivity contribution is -0.126. The maximum atomic E-state index is 11.9. The molecule has 1 aromatic heterocycles. The zero-order chi connectivity index (χ0) is 13.8. The average molecular weight is 265 g/mol. The van der Waals surface area contributed by atoms with Crippen LogP contribution in [0.1, 0.15) is 25.6 Å². The number of imidazole rings is 1. The Labute approximate surface area is 114 Å². The van der Waals surface area contributed by atoms with Gasteiger partial charge in [0.05, 0.1) is 12.0 Å². The summed E-state index contributed by atoms with van der Waals surface area (Å²) in [5.74, 6) is 0.0720. The first-order chi connectivity index (χ1) is 9.13. The molecule has 106 valence electrons. The van der Waals surface area contributed by atoms with Crippen molar-refractivity contribution in [3.8, 4) is 0 Å². The molecule has 2 rings (SSSR count). The average Bonchev–Trinajstić information content (AvgIpc) is 2.87. The van der Waals surface area contributed by atoms with Crippen LogP contribution in [0.25, 0.3) is 0 Å². The highest BCUT2D eigenvalue weighted by Crippen LogP contribution is 2.14. The van der Waals surface area contributed by atoms with Crippen LogP contribution in [0.2, 0.25) is 0 Å². The van der Waals surface area contributed by atoms with Crippen molar-refractivity contribution in [3.05, 3.63) is 18.2 Å². The van der Waals surface area contributed by atoms with Crippen molar-refractivity contribution in [2.24, 2.45) is 0 Å². The molecule has 2 heterocycles. The number of nitrogens with zero attached hydrogens (tertiary/aromatic N) is 3. The minimum atomic E-state index is -0.103. The van der Waals surface area contributed by atoms with Gasteiger partial charge in [0.2, 0.25) is 5.91 Å². The maximum Gasteiger partial charge on any atom is 0.238 e. The van der Waals surface area contributed by atoms with E-state index in [4.69, 9.17) is 0 Å². The van der Waals surface area contributed by atoms with Crippen LogP contribution < -0.4 is 10.6 Å². The molecule has 0 radical (unpaired) electrons. The quantitative estimate of drug-likeness (QED) is 0.803. The summed E-state index contributed by atoms with van der Waals surface area (Å²) in [5.41, 5.74) is 1.16. The summed E-state index contributed by atoms with van der Waals surface area (Å²) in [4.78, 5) is 18.3. The van der Waals surface area contributed by atoms with Crippen LogP contribution >= 0.6 is 0 Å². The largest absolute Gasteiger partial charge is 0.358 e. The van der Waals surface area contributed by atoms with Crippen molar-refractivity contribution in [1.82, 2.24) is 25.1 Å². The molecular formula is C13H23N5O. The van der Waals surface area contributed by atoms with Gasteiger partial charge in [0.1, 0.15) is 6.04 Å². The van der Waals surface area contributed by atoms with Crippen molar-refractivity contribution in [1.29, 1.82) is 0 Å². The second-order valence-electron chi connectivity index (χ2n) is 5.19. The van der Waals surface area contributed by atoms with E-state index >= 15 is 0 Å². The number of aromatic nitrogens is 2. The monoisotopic (exact) mass is 265 g/mol. The summed E-state index contributed by atoms with van der Waals surface area (Å²) in [6, 6.07) is 0.285. The van der Waals surface area contributed by atoms with Crippen molar-refractivity contribution >= 4 is 5.91 Å². The molecule has 1 saturated heterocycles. The van der Waals surface area contributed by atoms with Crippen molar-refractivity contribution in [2.75, 3.05) is 26.7 Å². The molecule has 0 aromatic carbocycles. The van der Waals surface area contributed by atoms with E-state index in [0.29, 0.717) is 12.6 Å². The van der Waals surface area contributed by atoms with E-state index in [1.54, 1.807) is 7.05 Å². The molecular weight excluding hydrogens is 242 g/mol. The second kappa shape index (κ2) is 6.16. The summed E-state index contributed by atoms with van der Waals surface area (Å²) >= 11 is 0. The Bertz CT molecular complexity index is 428. The maximum absolute atomic E-state index is 11.9. The van der Waals surface area contributed by atoms with Gasteiger partial charge < -0.3 is 15.2 Å². The topological polar surface area (TPSA) is 62.2 Å². The standard InChI is InChI=1S/C13H23N5O/c1-10(2)18-9-16-6-11(18)8-17-5-4-15-7-12(17)13(19)14-3/h6,9-10,12,15H,4-5,7-8H2,1-3H3,(H,14,19).